The van der Waals surface area contributed by atoms with E-state index in [9.17, 15) is 0 Å². The third-order valence-electron chi connectivity index (χ3n) is 4.83. The summed E-state index contributed by atoms with van der Waals surface area (Å²) in [6.45, 7) is 1.23. The number of thioether (sulfide) groups is 1. The molecule has 2 aliphatic heterocycles. The lowest BCUT2D eigenvalue weighted by molar-refractivity contribution is -0.680. The fraction of sp³-hybridized carbons (Fsp3) is 0.250. The Morgan fingerprint density at radius 2 is 1.65 bits per heavy atom. The number of ether oxygens (including phenoxy) is 4. The predicted octanol–water partition coefficient (Wildman–Crippen LogP) is 3.65. The molecule has 0 bridgehead atoms. The van der Waals surface area contributed by atoms with Crippen molar-refractivity contribution >= 4 is 22.5 Å². The first-order chi connectivity index (χ1) is 12.8. The number of fused-ring (bicyclic) bond motifs is 5. The molecule has 132 valence electrons. The van der Waals surface area contributed by atoms with Gasteiger partial charge in [0.25, 0.3) is 0 Å². The van der Waals surface area contributed by atoms with E-state index in [0.29, 0.717) is 0 Å². The summed E-state index contributed by atoms with van der Waals surface area (Å²) in [5, 5.41) is 2.24. The van der Waals surface area contributed by atoms with Crippen LogP contribution in [0, 0.1) is 0 Å². The van der Waals surface area contributed by atoms with Crippen LogP contribution in [0.4, 0.5) is 0 Å². The monoisotopic (exact) mass is 368 g/mol. The Hall–Kier alpha value is -2.60. The molecule has 0 aliphatic carbocycles. The molecule has 0 unspecified atom stereocenters. The van der Waals surface area contributed by atoms with Crippen LogP contribution in [0.1, 0.15) is 0 Å². The highest BCUT2D eigenvalue weighted by atomic mass is 32.2. The number of nitrogens with zero attached hydrogens (tertiary/aromatic N) is 1. The van der Waals surface area contributed by atoms with Crippen molar-refractivity contribution in [2.24, 2.45) is 0 Å². The summed E-state index contributed by atoms with van der Waals surface area (Å²) in [6, 6.07) is 10.5. The molecule has 5 nitrogen and oxygen atoms in total. The first-order valence-corrected chi connectivity index (χ1v) is 9.41. The van der Waals surface area contributed by atoms with E-state index in [0.717, 1.165) is 46.1 Å². The Balaban J connectivity index is 1.75. The largest absolute Gasteiger partial charge is 0.493 e. The standard InChI is InChI=1S/C20H18NO4S/c1-22-16-6-12-5-15-14-8-18-19(25-11-24-18)9-20(14)26-4-3-21(15)10-13(12)7-17(16)23-2/h5-10H,3-4,11H2,1-2H3/q+1. The van der Waals surface area contributed by atoms with Crippen LogP contribution in [0.2, 0.25) is 0 Å². The zero-order valence-electron chi connectivity index (χ0n) is 14.6. The van der Waals surface area contributed by atoms with Gasteiger partial charge in [-0.25, -0.2) is 0 Å². The van der Waals surface area contributed by atoms with E-state index >= 15 is 0 Å². The molecule has 26 heavy (non-hydrogen) atoms. The van der Waals surface area contributed by atoms with Crippen molar-refractivity contribution in [3.05, 3.63) is 36.5 Å². The Morgan fingerprint density at radius 3 is 2.42 bits per heavy atom. The molecule has 3 aromatic rings. The quantitative estimate of drug-likeness (QED) is 0.646. The van der Waals surface area contributed by atoms with Crippen molar-refractivity contribution in [2.45, 2.75) is 11.4 Å². The number of aromatic nitrogens is 1. The van der Waals surface area contributed by atoms with Crippen LogP contribution in [-0.2, 0) is 6.54 Å². The van der Waals surface area contributed by atoms with Gasteiger partial charge in [-0.3, -0.25) is 0 Å². The molecule has 1 aromatic heterocycles. The third-order valence-corrected chi connectivity index (χ3v) is 5.86. The molecule has 0 spiro atoms. The minimum atomic E-state index is 0.289. The van der Waals surface area contributed by atoms with Crippen molar-refractivity contribution < 1.29 is 23.5 Å². The molecule has 6 heteroatoms. The van der Waals surface area contributed by atoms with Gasteiger partial charge >= 0.3 is 0 Å². The van der Waals surface area contributed by atoms with Crippen LogP contribution in [0.5, 0.6) is 23.0 Å². The van der Waals surface area contributed by atoms with Crippen LogP contribution in [0.3, 0.4) is 0 Å². The highest BCUT2D eigenvalue weighted by molar-refractivity contribution is 7.99. The molecule has 0 atom stereocenters. The Kier molecular flexibility index (Phi) is 3.60. The van der Waals surface area contributed by atoms with E-state index in [1.807, 2.05) is 23.9 Å². The van der Waals surface area contributed by atoms with Crippen LogP contribution in [0.25, 0.3) is 22.0 Å². The lowest BCUT2D eigenvalue weighted by Gasteiger charge is -2.10. The minimum Gasteiger partial charge on any atom is -0.493 e. The molecular weight excluding hydrogens is 350 g/mol. The molecule has 5 rings (SSSR count). The zero-order valence-corrected chi connectivity index (χ0v) is 15.4. The number of aryl methyl sites for hydroxylation is 1. The number of methoxy groups -OCH3 is 2. The number of hydrogen-bond acceptors (Lipinski definition) is 5. The van der Waals surface area contributed by atoms with Gasteiger partial charge in [-0.2, -0.15) is 4.57 Å². The van der Waals surface area contributed by atoms with Crippen LogP contribution in [0.15, 0.2) is 41.4 Å². The van der Waals surface area contributed by atoms with Gasteiger partial charge in [0, 0.05) is 16.3 Å². The third kappa shape index (κ3) is 2.36. The van der Waals surface area contributed by atoms with Crippen molar-refractivity contribution in [3.63, 3.8) is 0 Å². The average molecular weight is 368 g/mol. The molecule has 0 amide bonds. The maximum Gasteiger partial charge on any atom is 0.231 e. The maximum absolute atomic E-state index is 5.60. The zero-order chi connectivity index (χ0) is 17.7. The van der Waals surface area contributed by atoms with Gasteiger partial charge in [0.1, 0.15) is 0 Å². The van der Waals surface area contributed by atoms with Crippen molar-refractivity contribution in [1.29, 1.82) is 0 Å². The number of hydrogen-bond donors (Lipinski definition) is 0. The molecule has 0 saturated heterocycles. The van der Waals surface area contributed by atoms with Gasteiger partial charge in [-0.1, -0.05) is 0 Å². The second-order valence-corrected chi connectivity index (χ2v) is 7.38. The summed E-state index contributed by atoms with van der Waals surface area (Å²) >= 11 is 1.85. The topological polar surface area (TPSA) is 40.8 Å². The van der Waals surface area contributed by atoms with Gasteiger partial charge in [0.05, 0.1) is 25.5 Å². The van der Waals surface area contributed by atoms with Crippen molar-refractivity contribution in [1.82, 2.24) is 0 Å². The minimum absolute atomic E-state index is 0.289. The highest BCUT2D eigenvalue weighted by Crippen LogP contribution is 2.43. The highest BCUT2D eigenvalue weighted by Gasteiger charge is 2.26. The molecule has 3 heterocycles. The van der Waals surface area contributed by atoms with Gasteiger partial charge in [-0.05, 0) is 29.7 Å². The van der Waals surface area contributed by atoms with Crippen molar-refractivity contribution in [3.8, 4) is 34.3 Å². The van der Waals surface area contributed by atoms with E-state index < -0.39 is 0 Å². The SMILES string of the molecule is COc1cc2cc3[n+](cc2cc1OC)CCSc1cc2c(cc1-3)OCO2. The van der Waals surface area contributed by atoms with E-state index in [-0.39, 0.29) is 6.79 Å². The van der Waals surface area contributed by atoms with Gasteiger partial charge in [-0.15, -0.1) is 11.8 Å². The number of pyridine rings is 1. The van der Waals surface area contributed by atoms with Gasteiger partial charge in [0.2, 0.25) is 12.5 Å². The van der Waals surface area contributed by atoms with Crippen LogP contribution >= 0.6 is 11.8 Å². The maximum atomic E-state index is 5.60. The van der Waals surface area contributed by atoms with Gasteiger partial charge in [0.15, 0.2) is 35.7 Å². The Bertz CT molecular complexity index is 1030. The summed E-state index contributed by atoms with van der Waals surface area (Å²) < 4.78 is 24.4. The molecule has 2 aromatic carbocycles. The van der Waals surface area contributed by atoms with Gasteiger partial charge < -0.3 is 18.9 Å². The molecule has 0 fully saturated rings. The lowest BCUT2D eigenvalue weighted by Crippen LogP contribution is -2.36. The first kappa shape index (κ1) is 15.6. The van der Waals surface area contributed by atoms with E-state index in [4.69, 9.17) is 18.9 Å². The Labute approximate surface area is 155 Å². The summed E-state index contributed by atoms with van der Waals surface area (Å²) in [7, 11) is 3.32. The van der Waals surface area contributed by atoms with E-state index in [1.54, 1.807) is 14.2 Å². The van der Waals surface area contributed by atoms with Crippen LogP contribution in [-0.4, -0.2) is 26.8 Å². The summed E-state index contributed by atoms with van der Waals surface area (Å²) in [6.07, 6.45) is 2.19. The molecule has 0 N–H and O–H groups in total. The second kappa shape index (κ2) is 5.99. The fourth-order valence-electron chi connectivity index (χ4n) is 3.53. The molecule has 2 aliphatic rings. The van der Waals surface area contributed by atoms with Crippen LogP contribution < -0.4 is 23.5 Å². The summed E-state index contributed by atoms with van der Waals surface area (Å²) in [4.78, 5) is 1.22. The smallest absolute Gasteiger partial charge is 0.231 e. The average Bonchev–Trinajstić information content (AvgIpc) is 3.05. The summed E-state index contributed by atoms with van der Waals surface area (Å²) in [5.41, 5.74) is 2.34. The lowest BCUT2D eigenvalue weighted by atomic mass is 10.1. The number of benzene rings is 2. The summed E-state index contributed by atoms with van der Waals surface area (Å²) in [5.74, 6) is 4.12. The van der Waals surface area contributed by atoms with E-state index in [1.165, 1.54) is 16.2 Å². The van der Waals surface area contributed by atoms with E-state index in [2.05, 4.69) is 29.0 Å². The predicted molar refractivity (Wildman–Crippen MR) is 99.5 cm³/mol. The van der Waals surface area contributed by atoms with Crippen molar-refractivity contribution in [2.75, 3.05) is 26.8 Å². The normalized spacial score (nSPS) is 14.5. The Morgan fingerprint density at radius 1 is 0.923 bits per heavy atom. The molecule has 0 saturated carbocycles. The molecule has 0 radical (unpaired) electrons. The number of rotatable bonds is 2. The second-order valence-electron chi connectivity index (χ2n) is 6.24. The molecular formula is C20H18NO4S+. The fourth-order valence-corrected chi connectivity index (χ4v) is 4.55. The first-order valence-electron chi connectivity index (χ1n) is 8.43.